The number of rotatable bonds is 3. The van der Waals surface area contributed by atoms with E-state index in [4.69, 9.17) is 27.6 Å². The molecule has 0 aliphatic rings. The van der Waals surface area contributed by atoms with Crippen molar-refractivity contribution in [1.29, 1.82) is 0 Å². The molecular weight excluding hydrogens is 287 g/mol. The Morgan fingerprint density at radius 3 is 2.68 bits per heavy atom. The maximum atomic E-state index is 11.9. The van der Waals surface area contributed by atoms with E-state index in [1.807, 2.05) is 6.92 Å². The van der Waals surface area contributed by atoms with Gasteiger partial charge in [0.15, 0.2) is 5.78 Å². The first-order valence-electron chi connectivity index (χ1n) is 5.44. The minimum absolute atomic E-state index is 0.0399. The molecular formula is C14H10Cl2O3. The van der Waals surface area contributed by atoms with Gasteiger partial charge in [-0.2, -0.15) is 0 Å². The molecule has 2 aromatic rings. The molecule has 0 aliphatic heterocycles. The molecule has 0 spiro atoms. The summed E-state index contributed by atoms with van der Waals surface area (Å²) in [6, 6.07) is 6.26. The van der Waals surface area contributed by atoms with Gasteiger partial charge in [-0.15, -0.1) is 0 Å². The standard InChI is InChI=1S/C14H10Cl2O3/c1-8-2-3-10(19-8)4-5-13(17)11-6-9(15)7-12(16)14(11)18/h2-7,18H,1H3/b5-4+. The van der Waals surface area contributed by atoms with Gasteiger partial charge in [-0.3, -0.25) is 4.79 Å². The molecule has 0 radical (unpaired) electrons. The molecule has 1 heterocycles. The van der Waals surface area contributed by atoms with E-state index in [-0.39, 0.29) is 21.4 Å². The van der Waals surface area contributed by atoms with E-state index >= 15 is 0 Å². The Bertz CT molecular complexity index is 657. The molecule has 2 rings (SSSR count). The van der Waals surface area contributed by atoms with Gasteiger partial charge in [0.25, 0.3) is 0 Å². The van der Waals surface area contributed by atoms with Crippen LogP contribution in [0.15, 0.2) is 34.8 Å². The summed E-state index contributed by atoms with van der Waals surface area (Å²) in [6.07, 6.45) is 2.81. The maximum absolute atomic E-state index is 11.9. The van der Waals surface area contributed by atoms with Gasteiger partial charge in [-0.05, 0) is 43.3 Å². The van der Waals surface area contributed by atoms with Crippen LogP contribution >= 0.6 is 23.2 Å². The third-order valence-corrected chi connectivity index (χ3v) is 2.96. The Balaban J connectivity index is 2.28. The van der Waals surface area contributed by atoms with Crippen LogP contribution in [0.2, 0.25) is 10.0 Å². The first-order valence-corrected chi connectivity index (χ1v) is 6.20. The zero-order valence-corrected chi connectivity index (χ0v) is 11.5. The van der Waals surface area contributed by atoms with Crippen LogP contribution in [-0.2, 0) is 0 Å². The second-order valence-electron chi connectivity index (χ2n) is 3.93. The number of phenols is 1. The molecule has 0 saturated heterocycles. The lowest BCUT2D eigenvalue weighted by Gasteiger charge is -2.03. The number of carbonyl (C=O) groups is 1. The highest BCUT2D eigenvalue weighted by Gasteiger charge is 2.13. The average molecular weight is 297 g/mol. The zero-order chi connectivity index (χ0) is 14.0. The average Bonchev–Trinajstić information content (AvgIpc) is 2.76. The number of hydrogen-bond donors (Lipinski definition) is 1. The van der Waals surface area contributed by atoms with E-state index in [1.165, 1.54) is 24.3 Å². The van der Waals surface area contributed by atoms with Crippen molar-refractivity contribution in [1.82, 2.24) is 0 Å². The third kappa shape index (κ3) is 3.19. The Labute approximate surface area is 120 Å². The predicted octanol–water partition coefficient (Wildman–Crippen LogP) is 4.50. The molecule has 0 amide bonds. The lowest BCUT2D eigenvalue weighted by atomic mass is 10.1. The van der Waals surface area contributed by atoms with Crippen molar-refractivity contribution >= 4 is 35.1 Å². The van der Waals surface area contributed by atoms with Crippen LogP contribution < -0.4 is 0 Å². The molecule has 19 heavy (non-hydrogen) atoms. The number of phenolic OH excluding ortho intramolecular Hbond substituents is 1. The summed E-state index contributed by atoms with van der Waals surface area (Å²) in [6.45, 7) is 1.81. The van der Waals surface area contributed by atoms with Crippen LogP contribution in [0.3, 0.4) is 0 Å². The van der Waals surface area contributed by atoms with Crippen LogP contribution in [0.1, 0.15) is 21.9 Å². The SMILES string of the molecule is Cc1ccc(/C=C/C(=O)c2cc(Cl)cc(Cl)c2O)o1. The topological polar surface area (TPSA) is 50.4 Å². The summed E-state index contributed by atoms with van der Waals surface area (Å²) in [7, 11) is 0. The lowest BCUT2D eigenvalue weighted by Crippen LogP contribution is -1.95. The minimum Gasteiger partial charge on any atom is -0.506 e. The van der Waals surface area contributed by atoms with E-state index in [1.54, 1.807) is 12.1 Å². The highest BCUT2D eigenvalue weighted by Crippen LogP contribution is 2.31. The normalized spacial score (nSPS) is 11.1. The number of allylic oxidation sites excluding steroid dienone is 1. The molecule has 0 bridgehead atoms. The molecule has 1 N–H and O–H groups in total. The fourth-order valence-corrected chi connectivity index (χ4v) is 2.04. The van der Waals surface area contributed by atoms with Gasteiger partial charge in [-0.25, -0.2) is 0 Å². The van der Waals surface area contributed by atoms with Crippen LogP contribution in [0.25, 0.3) is 6.08 Å². The third-order valence-electron chi connectivity index (χ3n) is 2.45. The lowest BCUT2D eigenvalue weighted by molar-refractivity contribution is 0.104. The Morgan fingerprint density at radius 1 is 1.32 bits per heavy atom. The Hall–Kier alpha value is -1.71. The monoisotopic (exact) mass is 296 g/mol. The number of carbonyl (C=O) groups excluding carboxylic acids is 1. The van der Waals surface area contributed by atoms with Crippen LogP contribution in [0.5, 0.6) is 5.75 Å². The molecule has 98 valence electrons. The number of hydrogen-bond acceptors (Lipinski definition) is 3. The maximum Gasteiger partial charge on any atom is 0.189 e. The summed E-state index contributed by atoms with van der Waals surface area (Å²) in [5.74, 6) is 0.617. The molecule has 5 heteroatoms. The first-order chi connectivity index (χ1) is 8.97. The molecule has 0 unspecified atom stereocenters. The van der Waals surface area contributed by atoms with E-state index in [0.29, 0.717) is 5.76 Å². The quantitative estimate of drug-likeness (QED) is 0.670. The van der Waals surface area contributed by atoms with Crippen LogP contribution in [-0.4, -0.2) is 10.9 Å². The van der Waals surface area contributed by atoms with Gasteiger partial charge in [-0.1, -0.05) is 23.2 Å². The molecule has 0 atom stereocenters. The van der Waals surface area contributed by atoms with E-state index < -0.39 is 5.78 Å². The van der Waals surface area contributed by atoms with Crippen molar-refractivity contribution in [3.63, 3.8) is 0 Å². The van der Waals surface area contributed by atoms with Gasteiger partial charge in [0.1, 0.15) is 17.3 Å². The number of halogens is 2. The van der Waals surface area contributed by atoms with Gasteiger partial charge < -0.3 is 9.52 Å². The zero-order valence-electron chi connectivity index (χ0n) is 9.98. The summed E-state index contributed by atoms with van der Waals surface area (Å²) in [4.78, 5) is 11.9. The fourth-order valence-electron chi connectivity index (χ4n) is 1.54. The summed E-state index contributed by atoms with van der Waals surface area (Å²) < 4.78 is 5.29. The number of ketones is 1. The summed E-state index contributed by atoms with van der Waals surface area (Å²) in [5.41, 5.74) is 0.0528. The van der Waals surface area contributed by atoms with Gasteiger partial charge in [0.2, 0.25) is 0 Å². The molecule has 1 aromatic heterocycles. The van der Waals surface area contributed by atoms with Crippen LogP contribution in [0, 0.1) is 6.92 Å². The van der Waals surface area contributed by atoms with Gasteiger partial charge in [0, 0.05) is 5.02 Å². The Kier molecular flexibility index (Phi) is 3.98. The van der Waals surface area contributed by atoms with Crippen molar-refractivity contribution in [3.05, 3.63) is 57.5 Å². The fraction of sp³-hybridized carbons (Fsp3) is 0.0714. The van der Waals surface area contributed by atoms with Crippen molar-refractivity contribution in [2.45, 2.75) is 6.92 Å². The van der Waals surface area contributed by atoms with Crippen molar-refractivity contribution in [2.75, 3.05) is 0 Å². The number of aromatic hydroxyl groups is 1. The first kappa shape index (κ1) is 13.7. The number of aryl methyl sites for hydroxylation is 1. The molecule has 0 fully saturated rings. The molecule has 1 aromatic carbocycles. The van der Waals surface area contributed by atoms with Crippen molar-refractivity contribution < 1.29 is 14.3 Å². The second kappa shape index (κ2) is 5.51. The summed E-state index contributed by atoms with van der Waals surface area (Å²) in [5, 5.41) is 10.1. The van der Waals surface area contributed by atoms with E-state index in [2.05, 4.69) is 0 Å². The van der Waals surface area contributed by atoms with Gasteiger partial charge in [0.05, 0.1) is 10.6 Å². The van der Waals surface area contributed by atoms with Crippen molar-refractivity contribution in [3.8, 4) is 5.75 Å². The van der Waals surface area contributed by atoms with E-state index in [0.717, 1.165) is 5.76 Å². The largest absolute Gasteiger partial charge is 0.506 e. The minimum atomic E-state index is -0.407. The van der Waals surface area contributed by atoms with Gasteiger partial charge >= 0.3 is 0 Å². The smallest absolute Gasteiger partial charge is 0.189 e. The van der Waals surface area contributed by atoms with Crippen LogP contribution in [0.4, 0.5) is 0 Å². The highest BCUT2D eigenvalue weighted by molar-refractivity contribution is 6.36. The molecule has 0 aliphatic carbocycles. The summed E-state index contributed by atoms with van der Waals surface area (Å²) >= 11 is 11.6. The van der Waals surface area contributed by atoms with E-state index in [9.17, 15) is 9.90 Å². The molecule has 0 saturated carbocycles. The predicted molar refractivity (Wildman–Crippen MR) is 74.9 cm³/mol. The molecule has 3 nitrogen and oxygen atoms in total. The Morgan fingerprint density at radius 2 is 2.05 bits per heavy atom. The second-order valence-corrected chi connectivity index (χ2v) is 4.77. The number of benzene rings is 1. The highest BCUT2D eigenvalue weighted by atomic mass is 35.5. The number of furan rings is 1. The van der Waals surface area contributed by atoms with Crippen molar-refractivity contribution in [2.24, 2.45) is 0 Å².